The van der Waals surface area contributed by atoms with Gasteiger partial charge in [-0.1, -0.05) is 23.7 Å². The molecule has 0 aliphatic heterocycles. The monoisotopic (exact) mass is 407 g/mol. The number of methoxy groups -OCH3 is 1. The van der Waals surface area contributed by atoms with Gasteiger partial charge in [0.2, 0.25) is 0 Å². The molecular formula is C22H18ClN3O3. The summed E-state index contributed by atoms with van der Waals surface area (Å²) >= 11 is 5.82. The minimum absolute atomic E-state index is 0.252. The van der Waals surface area contributed by atoms with Crippen molar-refractivity contribution < 1.29 is 14.3 Å². The summed E-state index contributed by atoms with van der Waals surface area (Å²) in [5, 5.41) is 7.33. The Hall–Kier alpha value is -3.64. The maximum absolute atomic E-state index is 12.3. The average Bonchev–Trinajstić information content (AvgIpc) is 2.75. The molecular weight excluding hydrogens is 390 g/mol. The van der Waals surface area contributed by atoms with Crippen molar-refractivity contribution >= 4 is 35.3 Å². The third-order valence-corrected chi connectivity index (χ3v) is 4.26. The molecule has 0 saturated heterocycles. The molecule has 146 valence electrons. The molecule has 0 spiro atoms. The number of nitrogens with one attached hydrogen (secondary N) is 2. The van der Waals surface area contributed by atoms with Crippen LogP contribution in [0.15, 0.2) is 77.9 Å². The first-order chi connectivity index (χ1) is 14.0. The van der Waals surface area contributed by atoms with Crippen molar-refractivity contribution in [3.8, 4) is 5.75 Å². The van der Waals surface area contributed by atoms with Crippen LogP contribution in [-0.2, 0) is 0 Å². The van der Waals surface area contributed by atoms with Gasteiger partial charge in [-0.3, -0.25) is 9.59 Å². The number of nitrogens with zero attached hydrogens (tertiary/aromatic N) is 1. The highest BCUT2D eigenvalue weighted by atomic mass is 35.5. The van der Waals surface area contributed by atoms with Gasteiger partial charge in [0, 0.05) is 21.8 Å². The van der Waals surface area contributed by atoms with Crippen LogP contribution in [0.25, 0.3) is 0 Å². The third-order valence-electron chi connectivity index (χ3n) is 4.01. The van der Waals surface area contributed by atoms with E-state index in [-0.39, 0.29) is 11.8 Å². The molecule has 3 aromatic rings. The van der Waals surface area contributed by atoms with Crippen LogP contribution in [0, 0.1) is 0 Å². The molecule has 0 heterocycles. The molecule has 0 aromatic heterocycles. The Morgan fingerprint density at radius 1 is 0.862 bits per heavy atom. The van der Waals surface area contributed by atoms with E-state index in [2.05, 4.69) is 15.8 Å². The minimum atomic E-state index is -0.358. The Morgan fingerprint density at radius 3 is 2.07 bits per heavy atom. The topological polar surface area (TPSA) is 79.8 Å². The second-order valence-corrected chi connectivity index (χ2v) is 6.45. The quantitative estimate of drug-likeness (QED) is 0.470. The number of benzene rings is 3. The van der Waals surface area contributed by atoms with Crippen LogP contribution in [-0.4, -0.2) is 25.1 Å². The SMILES string of the molecule is COc1ccc(C(=O)Nc2ccc(C(=O)N/N=C/c3ccc(Cl)cc3)cc2)cc1. The number of hydrogen-bond acceptors (Lipinski definition) is 4. The molecule has 3 rings (SSSR count). The van der Waals surface area contributed by atoms with Crippen molar-refractivity contribution in [3.05, 3.63) is 94.5 Å². The zero-order valence-corrected chi connectivity index (χ0v) is 16.3. The van der Waals surface area contributed by atoms with Gasteiger partial charge in [0.1, 0.15) is 5.75 Å². The Bertz CT molecular complexity index is 1010. The van der Waals surface area contributed by atoms with Crippen molar-refractivity contribution in [1.29, 1.82) is 0 Å². The fraction of sp³-hybridized carbons (Fsp3) is 0.0455. The predicted octanol–water partition coefficient (Wildman–Crippen LogP) is 4.36. The number of carbonyl (C=O) groups is 2. The first-order valence-electron chi connectivity index (χ1n) is 8.69. The van der Waals surface area contributed by atoms with E-state index in [1.54, 1.807) is 79.9 Å². The van der Waals surface area contributed by atoms with Gasteiger partial charge in [0.15, 0.2) is 0 Å². The molecule has 2 N–H and O–H groups in total. The fourth-order valence-electron chi connectivity index (χ4n) is 2.43. The normalized spacial score (nSPS) is 10.6. The second-order valence-electron chi connectivity index (χ2n) is 6.01. The zero-order valence-electron chi connectivity index (χ0n) is 15.6. The van der Waals surface area contributed by atoms with Crippen LogP contribution in [0.4, 0.5) is 5.69 Å². The molecule has 29 heavy (non-hydrogen) atoms. The van der Waals surface area contributed by atoms with Crippen LogP contribution in [0.5, 0.6) is 5.75 Å². The lowest BCUT2D eigenvalue weighted by molar-refractivity contribution is 0.0954. The summed E-state index contributed by atoms with van der Waals surface area (Å²) in [6.45, 7) is 0. The lowest BCUT2D eigenvalue weighted by atomic mass is 10.1. The summed E-state index contributed by atoms with van der Waals surface area (Å²) in [4.78, 5) is 24.4. The van der Waals surface area contributed by atoms with E-state index in [1.165, 1.54) is 6.21 Å². The summed E-state index contributed by atoms with van der Waals surface area (Å²) < 4.78 is 5.08. The van der Waals surface area contributed by atoms with Crippen molar-refractivity contribution in [2.45, 2.75) is 0 Å². The second kappa shape index (κ2) is 9.52. The number of ether oxygens (including phenoxy) is 1. The standard InChI is InChI=1S/C22H18ClN3O3/c1-29-20-12-6-16(7-13-20)21(27)25-19-10-4-17(5-11-19)22(28)26-24-14-15-2-8-18(23)9-3-15/h2-14H,1H3,(H,25,27)(H,26,28)/b24-14+. The lowest BCUT2D eigenvalue weighted by Gasteiger charge is -2.07. The van der Waals surface area contributed by atoms with E-state index in [9.17, 15) is 9.59 Å². The summed E-state index contributed by atoms with van der Waals surface area (Å²) in [7, 11) is 1.57. The molecule has 0 aliphatic carbocycles. The van der Waals surface area contributed by atoms with Crippen LogP contribution >= 0.6 is 11.6 Å². The van der Waals surface area contributed by atoms with Gasteiger partial charge < -0.3 is 10.1 Å². The number of hydrazone groups is 1. The molecule has 0 unspecified atom stereocenters. The van der Waals surface area contributed by atoms with Crippen LogP contribution in [0.1, 0.15) is 26.3 Å². The third kappa shape index (κ3) is 5.67. The van der Waals surface area contributed by atoms with Crippen molar-refractivity contribution in [3.63, 3.8) is 0 Å². The van der Waals surface area contributed by atoms with Crippen molar-refractivity contribution in [2.24, 2.45) is 5.10 Å². The van der Waals surface area contributed by atoms with Gasteiger partial charge in [-0.25, -0.2) is 5.43 Å². The number of halogens is 1. The van der Waals surface area contributed by atoms with Gasteiger partial charge >= 0.3 is 0 Å². The van der Waals surface area contributed by atoms with Gasteiger partial charge in [0.05, 0.1) is 13.3 Å². The van der Waals surface area contributed by atoms with Crippen LogP contribution in [0.2, 0.25) is 5.02 Å². The summed E-state index contributed by atoms with van der Waals surface area (Å²) in [6.07, 6.45) is 1.53. The van der Waals surface area contributed by atoms with E-state index in [4.69, 9.17) is 16.3 Å². The van der Waals surface area contributed by atoms with Crippen LogP contribution < -0.4 is 15.5 Å². The smallest absolute Gasteiger partial charge is 0.271 e. The molecule has 0 aliphatic rings. The largest absolute Gasteiger partial charge is 0.497 e. The van der Waals surface area contributed by atoms with E-state index in [1.807, 2.05) is 0 Å². The zero-order chi connectivity index (χ0) is 20.6. The Morgan fingerprint density at radius 2 is 1.45 bits per heavy atom. The lowest BCUT2D eigenvalue weighted by Crippen LogP contribution is -2.17. The highest BCUT2D eigenvalue weighted by Gasteiger charge is 2.08. The molecule has 0 fully saturated rings. The summed E-state index contributed by atoms with van der Waals surface area (Å²) in [5.74, 6) is 0.0660. The molecule has 3 aromatic carbocycles. The average molecular weight is 408 g/mol. The number of rotatable bonds is 6. The highest BCUT2D eigenvalue weighted by Crippen LogP contribution is 2.15. The van der Waals surface area contributed by atoms with Crippen molar-refractivity contribution in [2.75, 3.05) is 12.4 Å². The molecule has 6 nitrogen and oxygen atoms in total. The molecule has 0 radical (unpaired) electrons. The maximum Gasteiger partial charge on any atom is 0.271 e. The van der Waals surface area contributed by atoms with E-state index in [0.29, 0.717) is 27.6 Å². The van der Waals surface area contributed by atoms with E-state index < -0.39 is 0 Å². The van der Waals surface area contributed by atoms with Gasteiger partial charge in [-0.05, 0) is 66.2 Å². The minimum Gasteiger partial charge on any atom is -0.497 e. The molecule has 0 atom stereocenters. The fourth-order valence-corrected chi connectivity index (χ4v) is 2.56. The van der Waals surface area contributed by atoms with Crippen LogP contribution in [0.3, 0.4) is 0 Å². The highest BCUT2D eigenvalue weighted by molar-refractivity contribution is 6.30. The Kier molecular flexibility index (Phi) is 6.60. The van der Waals surface area contributed by atoms with E-state index in [0.717, 1.165) is 5.56 Å². The van der Waals surface area contributed by atoms with Crippen molar-refractivity contribution in [1.82, 2.24) is 5.43 Å². The first kappa shape index (κ1) is 20.1. The van der Waals surface area contributed by atoms with Gasteiger partial charge in [0.25, 0.3) is 11.8 Å². The number of carbonyl (C=O) groups excluding carboxylic acids is 2. The number of anilines is 1. The Balaban J connectivity index is 1.56. The first-order valence-corrected chi connectivity index (χ1v) is 9.07. The summed E-state index contributed by atoms with van der Waals surface area (Å²) in [6, 6.07) is 20.4. The number of amides is 2. The predicted molar refractivity (Wildman–Crippen MR) is 114 cm³/mol. The molecule has 0 saturated carbocycles. The van der Waals surface area contributed by atoms with E-state index >= 15 is 0 Å². The van der Waals surface area contributed by atoms with Gasteiger partial charge in [-0.15, -0.1) is 0 Å². The molecule has 7 heteroatoms. The Labute approximate surface area is 173 Å². The molecule has 0 bridgehead atoms. The maximum atomic E-state index is 12.3. The van der Waals surface area contributed by atoms with Gasteiger partial charge in [-0.2, -0.15) is 5.10 Å². The molecule has 2 amide bonds. The number of hydrogen-bond donors (Lipinski definition) is 2. The summed E-state index contributed by atoms with van der Waals surface area (Å²) in [5.41, 5.74) is 4.77.